The van der Waals surface area contributed by atoms with Gasteiger partial charge in [-0.05, 0) is 49.7 Å². The molecule has 0 aliphatic carbocycles. The molecule has 0 aromatic heterocycles. The van der Waals surface area contributed by atoms with Crippen LogP contribution in [0.5, 0.6) is 0 Å². The van der Waals surface area contributed by atoms with Gasteiger partial charge in [0.25, 0.3) is 0 Å². The summed E-state index contributed by atoms with van der Waals surface area (Å²) >= 11 is 5.37. The predicted molar refractivity (Wildman–Crippen MR) is 72.5 cm³/mol. The zero-order valence-electron chi connectivity index (χ0n) is 9.28. The van der Waals surface area contributed by atoms with E-state index in [0.717, 1.165) is 29.6 Å². The number of anilines is 2. The van der Waals surface area contributed by atoms with Crippen molar-refractivity contribution in [2.24, 2.45) is 0 Å². The lowest BCUT2D eigenvalue weighted by atomic mass is 10.1. The lowest BCUT2D eigenvalue weighted by molar-refractivity contribution is 0.346. The first-order valence-electron chi connectivity index (χ1n) is 5.67. The maximum atomic E-state index is 5.72. The molecule has 86 valence electrons. The number of likely N-dealkylation sites (tertiary alicyclic amines) is 1. The summed E-state index contributed by atoms with van der Waals surface area (Å²) in [6.45, 7) is 2.13. The number of nitrogens with two attached hydrogens (primary N) is 1. The summed E-state index contributed by atoms with van der Waals surface area (Å²) < 4.78 is 0. The van der Waals surface area contributed by atoms with Crippen molar-refractivity contribution in [2.45, 2.75) is 19.3 Å². The van der Waals surface area contributed by atoms with Gasteiger partial charge in [-0.1, -0.05) is 6.07 Å². The molecule has 1 heterocycles. The molecular formula is C12H17N3S. The molecule has 2 rings (SSSR count). The van der Waals surface area contributed by atoms with Gasteiger partial charge < -0.3 is 16.0 Å². The average molecular weight is 235 g/mol. The molecule has 1 saturated heterocycles. The summed E-state index contributed by atoms with van der Waals surface area (Å²) in [6, 6.07) is 7.68. The zero-order chi connectivity index (χ0) is 11.4. The highest BCUT2D eigenvalue weighted by Gasteiger charge is 2.12. The minimum absolute atomic E-state index is 0.756. The second kappa shape index (κ2) is 5.16. The Balaban J connectivity index is 1.96. The molecule has 0 saturated carbocycles. The molecular weight excluding hydrogens is 218 g/mol. The van der Waals surface area contributed by atoms with Gasteiger partial charge in [0.2, 0.25) is 0 Å². The molecule has 3 nitrogen and oxygen atoms in total. The molecule has 0 atom stereocenters. The van der Waals surface area contributed by atoms with Crippen LogP contribution in [0.1, 0.15) is 19.3 Å². The summed E-state index contributed by atoms with van der Waals surface area (Å²) in [5.74, 6) is 0. The summed E-state index contributed by atoms with van der Waals surface area (Å²) in [5.41, 5.74) is 7.44. The number of nitrogens with one attached hydrogen (secondary N) is 1. The molecule has 16 heavy (non-hydrogen) atoms. The van der Waals surface area contributed by atoms with E-state index in [4.69, 9.17) is 18.0 Å². The van der Waals surface area contributed by atoms with Crippen molar-refractivity contribution in [1.29, 1.82) is 0 Å². The second-order valence-corrected chi connectivity index (χ2v) is 4.49. The van der Waals surface area contributed by atoms with Crippen molar-refractivity contribution in [3.05, 3.63) is 24.3 Å². The number of thiocarbonyl (C=S) groups is 1. The molecule has 1 aliphatic heterocycles. The van der Waals surface area contributed by atoms with Crippen LogP contribution in [-0.2, 0) is 0 Å². The molecule has 0 unspecified atom stereocenters. The molecule has 1 aliphatic rings. The van der Waals surface area contributed by atoms with Gasteiger partial charge in [-0.15, -0.1) is 0 Å². The van der Waals surface area contributed by atoms with Crippen molar-refractivity contribution >= 4 is 28.7 Å². The van der Waals surface area contributed by atoms with Crippen LogP contribution in [0, 0.1) is 0 Å². The Morgan fingerprint density at radius 3 is 2.69 bits per heavy atom. The third-order valence-corrected chi connectivity index (χ3v) is 3.14. The SMILES string of the molecule is Nc1cccc(NC(=S)N2CCCCC2)c1. The smallest absolute Gasteiger partial charge is 0.173 e. The van der Waals surface area contributed by atoms with E-state index in [9.17, 15) is 0 Å². The Bertz CT molecular complexity index is 372. The lowest BCUT2D eigenvalue weighted by Crippen LogP contribution is -2.38. The fourth-order valence-electron chi connectivity index (χ4n) is 1.92. The van der Waals surface area contributed by atoms with E-state index in [2.05, 4.69) is 10.2 Å². The fraction of sp³-hybridized carbons (Fsp3) is 0.417. The summed E-state index contributed by atoms with van der Waals surface area (Å²) in [7, 11) is 0. The van der Waals surface area contributed by atoms with E-state index in [1.165, 1.54) is 19.3 Å². The number of nitrogen functional groups attached to an aromatic ring is 1. The monoisotopic (exact) mass is 235 g/mol. The minimum atomic E-state index is 0.756. The van der Waals surface area contributed by atoms with Gasteiger partial charge in [-0.25, -0.2) is 0 Å². The van der Waals surface area contributed by atoms with Gasteiger partial charge in [0.05, 0.1) is 0 Å². The summed E-state index contributed by atoms with van der Waals surface area (Å²) in [4.78, 5) is 2.22. The fourth-order valence-corrected chi connectivity index (χ4v) is 2.22. The highest BCUT2D eigenvalue weighted by atomic mass is 32.1. The first-order valence-corrected chi connectivity index (χ1v) is 6.08. The summed E-state index contributed by atoms with van der Waals surface area (Å²) in [5, 5.41) is 4.04. The third-order valence-electron chi connectivity index (χ3n) is 2.78. The average Bonchev–Trinajstić information content (AvgIpc) is 2.30. The number of nitrogens with zero attached hydrogens (tertiary/aromatic N) is 1. The topological polar surface area (TPSA) is 41.3 Å². The van der Waals surface area contributed by atoms with Crippen LogP contribution in [0.4, 0.5) is 11.4 Å². The first kappa shape index (κ1) is 11.2. The highest BCUT2D eigenvalue weighted by molar-refractivity contribution is 7.80. The second-order valence-electron chi connectivity index (χ2n) is 4.10. The number of hydrogen-bond acceptors (Lipinski definition) is 2. The minimum Gasteiger partial charge on any atom is -0.399 e. The molecule has 0 bridgehead atoms. The van der Waals surface area contributed by atoms with Gasteiger partial charge in [0, 0.05) is 24.5 Å². The van der Waals surface area contributed by atoms with Gasteiger partial charge >= 0.3 is 0 Å². The van der Waals surface area contributed by atoms with E-state index < -0.39 is 0 Å². The zero-order valence-corrected chi connectivity index (χ0v) is 10.1. The van der Waals surface area contributed by atoms with Gasteiger partial charge in [-0.3, -0.25) is 0 Å². The standard InChI is InChI=1S/C12H17N3S/c13-10-5-4-6-11(9-10)14-12(16)15-7-2-1-3-8-15/h4-6,9H,1-3,7-8,13H2,(H,14,16). The number of benzene rings is 1. The van der Waals surface area contributed by atoms with Crippen LogP contribution in [-0.4, -0.2) is 23.1 Å². The highest BCUT2D eigenvalue weighted by Crippen LogP contribution is 2.14. The molecule has 1 aromatic rings. The quantitative estimate of drug-likeness (QED) is 0.579. The first-order chi connectivity index (χ1) is 7.75. The molecule has 0 radical (unpaired) electrons. The van der Waals surface area contributed by atoms with E-state index in [1.807, 2.05) is 24.3 Å². The van der Waals surface area contributed by atoms with Crippen molar-refractivity contribution in [2.75, 3.05) is 24.1 Å². The van der Waals surface area contributed by atoms with Crippen LogP contribution in [0.3, 0.4) is 0 Å². The molecule has 0 amide bonds. The van der Waals surface area contributed by atoms with Crippen LogP contribution >= 0.6 is 12.2 Å². The van der Waals surface area contributed by atoms with Crippen LogP contribution in [0.2, 0.25) is 0 Å². The number of piperidine rings is 1. The van der Waals surface area contributed by atoms with E-state index in [-0.39, 0.29) is 0 Å². The van der Waals surface area contributed by atoms with E-state index in [0.29, 0.717) is 0 Å². The Morgan fingerprint density at radius 1 is 1.25 bits per heavy atom. The maximum Gasteiger partial charge on any atom is 0.173 e. The third kappa shape index (κ3) is 2.85. The van der Waals surface area contributed by atoms with E-state index >= 15 is 0 Å². The molecule has 1 aromatic carbocycles. The Kier molecular flexibility index (Phi) is 3.62. The Labute approximate surface area is 102 Å². The van der Waals surface area contributed by atoms with E-state index in [1.54, 1.807) is 0 Å². The Morgan fingerprint density at radius 2 is 2.00 bits per heavy atom. The number of hydrogen-bond donors (Lipinski definition) is 2. The molecule has 0 spiro atoms. The Hall–Kier alpha value is -1.29. The van der Waals surface area contributed by atoms with Crippen LogP contribution in [0.25, 0.3) is 0 Å². The maximum absolute atomic E-state index is 5.72. The molecule has 4 heteroatoms. The van der Waals surface area contributed by atoms with Gasteiger partial charge in [0.15, 0.2) is 5.11 Å². The van der Waals surface area contributed by atoms with Gasteiger partial charge in [0.1, 0.15) is 0 Å². The van der Waals surface area contributed by atoms with Crippen molar-refractivity contribution in [1.82, 2.24) is 4.90 Å². The normalized spacial score (nSPS) is 15.9. The molecule has 1 fully saturated rings. The van der Waals surface area contributed by atoms with Crippen LogP contribution in [0.15, 0.2) is 24.3 Å². The molecule has 3 N–H and O–H groups in total. The number of rotatable bonds is 1. The predicted octanol–water partition coefficient (Wildman–Crippen LogP) is 2.45. The van der Waals surface area contributed by atoms with Crippen molar-refractivity contribution in [3.8, 4) is 0 Å². The lowest BCUT2D eigenvalue weighted by Gasteiger charge is -2.29. The van der Waals surface area contributed by atoms with Crippen molar-refractivity contribution in [3.63, 3.8) is 0 Å². The largest absolute Gasteiger partial charge is 0.399 e. The summed E-state index contributed by atoms with van der Waals surface area (Å²) in [6.07, 6.45) is 3.79. The van der Waals surface area contributed by atoms with Gasteiger partial charge in [-0.2, -0.15) is 0 Å². The van der Waals surface area contributed by atoms with Crippen LogP contribution < -0.4 is 11.1 Å². The van der Waals surface area contributed by atoms with Crippen molar-refractivity contribution < 1.29 is 0 Å².